The SMILES string of the molecule is COc1ccc(C(=O)N/N=C\c2cc(Br)c(OS(=O)(=O)c3ccc(C)cc3)c(OC)c2)cc1. The molecule has 0 aliphatic heterocycles. The van der Waals surface area contributed by atoms with Crippen LogP contribution in [-0.2, 0) is 10.1 Å². The van der Waals surface area contributed by atoms with E-state index in [-0.39, 0.29) is 16.4 Å². The van der Waals surface area contributed by atoms with Gasteiger partial charge in [-0.3, -0.25) is 4.79 Å². The van der Waals surface area contributed by atoms with Crippen molar-refractivity contribution in [2.75, 3.05) is 14.2 Å². The number of carbonyl (C=O) groups excluding carboxylic acids is 1. The zero-order valence-electron chi connectivity index (χ0n) is 18.0. The molecule has 0 radical (unpaired) electrons. The molecule has 10 heteroatoms. The van der Waals surface area contributed by atoms with Crippen LogP contribution < -0.4 is 19.1 Å². The van der Waals surface area contributed by atoms with Crippen LogP contribution in [0.15, 0.2) is 75.1 Å². The molecule has 8 nitrogen and oxygen atoms in total. The third-order valence-corrected chi connectivity index (χ3v) is 6.31. The number of nitrogens with zero attached hydrogens (tertiary/aromatic N) is 1. The molecule has 0 aliphatic rings. The third kappa shape index (κ3) is 6.11. The van der Waals surface area contributed by atoms with Crippen molar-refractivity contribution >= 4 is 38.2 Å². The minimum Gasteiger partial charge on any atom is -0.497 e. The second-order valence-corrected chi connectivity index (χ2v) is 9.21. The lowest BCUT2D eigenvalue weighted by Gasteiger charge is -2.13. The van der Waals surface area contributed by atoms with Crippen LogP contribution in [0.4, 0.5) is 0 Å². The Labute approximate surface area is 200 Å². The summed E-state index contributed by atoms with van der Waals surface area (Å²) in [5.74, 6) is 0.406. The molecule has 1 N–H and O–H groups in total. The van der Waals surface area contributed by atoms with E-state index in [1.54, 1.807) is 49.6 Å². The van der Waals surface area contributed by atoms with E-state index in [0.29, 0.717) is 21.3 Å². The molecule has 0 unspecified atom stereocenters. The van der Waals surface area contributed by atoms with Crippen molar-refractivity contribution in [2.45, 2.75) is 11.8 Å². The fourth-order valence-corrected chi connectivity index (χ4v) is 4.34. The van der Waals surface area contributed by atoms with E-state index in [4.69, 9.17) is 13.7 Å². The number of amides is 1. The largest absolute Gasteiger partial charge is 0.497 e. The molecular weight excluding hydrogens is 512 g/mol. The lowest BCUT2D eigenvalue weighted by atomic mass is 10.2. The predicted octanol–water partition coefficient (Wildman–Crippen LogP) is 4.31. The van der Waals surface area contributed by atoms with Gasteiger partial charge in [-0.25, -0.2) is 5.43 Å². The Bertz CT molecular complexity index is 1270. The van der Waals surface area contributed by atoms with Gasteiger partial charge in [0.15, 0.2) is 11.5 Å². The number of methoxy groups -OCH3 is 2. The molecule has 0 aromatic heterocycles. The number of nitrogens with one attached hydrogen (secondary N) is 1. The Morgan fingerprint density at radius 1 is 1.00 bits per heavy atom. The average Bonchev–Trinajstić information content (AvgIpc) is 2.80. The second-order valence-electron chi connectivity index (χ2n) is 6.81. The molecule has 3 aromatic rings. The van der Waals surface area contributed by atoms with Crippen LogP contribution in [0.1, 0.15) is 21.5 Å². The first-order valence-electron chi connectivity index (χ1n) is 9.59. The minimum atomic E-state index is -4.07. The summed E-state index contributed by atoms with van der Waals surface area (Å²) >= 11 is 3.32. The van der Waals surface area contributed by atoms with Crippen LogP contribution in [0.3, 0.4) is 0 Å². The molecule has 0 aliphatic carbocycles. The van der Waals surface area contributed by atoms with Crippen LogP contribution in [0, 0.1) is 6.92 Å². The molecule has 0 bridgehead atoms. The number of hydrogen-bond donors (Lipinski definition) is 1. The maximum Gasteiger partial charge on any atom is 0.339 e. The van der Waals surface area contributed by atoms with Gasteiger partial charge in [0.1, 0.15) is 10.6 Å². The maximum absolute atomic E-state index is 12.7. The van der Waals surface area contributed by atoms with Gasteiger partial charge in [-0.05, 0) is 76.9 Å². The van der Waals surface area contributed by atoms with Crippen molar-refractivity contribution in [1.82, 2.24) is 5.43 Å². The zero-order chi connectivity index (χ0) is 24.0. The molecule has 33 heavy (non-hydrogen) atoms. The Morgan fingerprint density at radius 3 is 2.27 bits per heavy atom. The molecule has 172 valence electrons. The smallest absolute Gasteiger partial charge is 0.339 e. The van der Waals surface area contributed by atoms with Gasteiger partial charge < -0.3 is 13.7 Å². The summed E-state index contributed by atoms with van der Waals surface area (Å²) in [6.45, 7) is 1.86. The summed E-state index contributed by atoms with van der Waals surface area (Å²) in [6.07, 6.45) is 1.40. The van der Waals surface area contributed by atoms with Crippen molar-refractivity contribution in [3.8, 4) is 17.2 Å². The van der Waals surface area contributed by atoms with E-state index >= 15 is 0 Å². The fourth-order valence-electron chi connectivity index (χ4n) is 2.73. The quantitative estimate of drug-likeness (QED) is 0.263. The van der Waals surface area contributed by atoms with E-state index < -0.39 is 16.0 Å². The number of aryl methyl sites for hydroxylation is 1. The van der Waals surface area contributed by atoms with Crippen LogP contribution >= 0.6 is 15.9 Å². The number of halogens is 1. The highest BCUT2D eigenvalue weighted by molar-refractivity contribution is 9.10. The Balaban J connectivity index is 1.76. The molecule has 0 saturated carbocycles. The number of rotatable bonds is 8. The number of ether oxygens (including phenoxy) is 2. The van der Waals surface area contributed by atoms with Crippen molar-refractivity contribution < 1.29 is 26.9 Å². The van der Waals surface area contributed by atoms with E-state index in [2.05, 4.69) is 26.5 Å². The summed E-state index contributed by atoms with van der Waals surface area (Å²) in [7, 11) is -1.14. The van der Waals surface area contributed by atoms with Crippen LogP contribution in [0.25, 0.3) is 0 Å². The van der Waals surface area contributed by atoms with E-state index in [9.17, 15) is 13.2 Å². The second kappa shape index (κ2) is 10.5. The summed E-state index contributed by atoms with van der Waals surface area (Å²) in [5, 5.41) is 3.95. The van der Waals surface area contributed by atoms with E-state index in [0.717, 1.165) is 5.56 Å². The van der Waals surface area contributed by atoms with Crippen molar-refractivity contribution in [3.05, 3.63) is 81.8 Å². The molecule has 0 fully saturated rings. The lowest BCUT2D eigenvalue weighted by Crippen LogP contribution is -2.17. The van der Waals surface area contributed by atoms with Gasteiger partial charge >= 0.3 is 10.1 Å². The Kier molecular flexibility index (Phi) is 7.72. The van der Waals surface area contributed by atoms with E-state index in [1.807, 2.05) is 6.92 Å². The first-order chi connectivity index (χ1) is 15.7. The Hall–Kier alpha value is -3.37. The molecule has 0 saturated heterocycles. The summed E-state index contributed by atoms with van der Waals surface area (Å²) in [5.41, 5.74) is 4.30. The summed E-state index contributed by atoms with van der Waals surface area (Å²) in [6, 6.07) is 16.0. The lowest BCUT2D eigenvalue weighted by molar-refractivity contribution is 0.0955. The van der Waals surface area contributed by atoms with Crippen molar-refractivity contribution in [1.29, 1.82) is 0 Å². The molecule has 0 spiro atoms. The number of carbonyl (C=O) groups is 1. The maximum atomic E-state index is 12.7. The molecule has 1 amide bonds. The topological polar surface area (TPSA) is 103 Å². The molecule has 0 heterocycles. The average molecular weight is 533 g/mol. The van der Waals surface area contributed by atoms with Gasteiger partial charge in [-0.2, -0.15) is 13.5 Å². The van der Waals surface area contributed by atoms with Gasteiger partial charge in [-0.1, -0.05) is 17.7 Å². The number of benzene rings is 3. The van der Waals surface area contributed by atoms with Crippen LogP contribution in [0.2, 0.25) is 0 Å². The van der Waals surface area contributed by atoms with Gasteiger partial charge in [-0.15, -0.1) is 0 Å². The van der Waals surface area contributed by atoms with Crippen molar-refractivity contribution in [3.63, 3.8) is 0 Å². The highest BCUT2D eigenvalue weighted by Crippen LogP contribution is 2.38. The summed E-state index contributed by atoms with van der Waals surface area (Å²) in [4.78, 5) is 12.2. The predicted molar refractivity (Wildman–Crippen MR) is 128 cm³/mol. The minimum absolute atomic E-state index is 0.00232. The van der Waals surface area contributed by atoms with Crippen molar-refractivity contribution in [2.24, 2.45) is 5.10 Å². The number of hydrogen-bond acceptors (Lipinski definition) is 7. The first kappa shape index (κ1) is 24.3. The third-order valence-electron chi connectivity index (χ3n) is 4.49. The van der Waals surface area contributed by atoms with Gasteiger partial charge in [0.05, 0.1) is 24.9 Å². The fraction of sp³-hybridized carbons (Fsp3) is 0.130. The van der Waals surface area contributed by atoms with E-state index in [1.165, 1.54) is 31.5 Å². The monoisotopic (exact) mass is 532 g/mol. The van der Waals surface area contributed by atoms with Gasteiger partial charge in [0.25, 0.3) is 5.91 Å². The normalized spacial score (nSPS) is 11.3. The highest BCUT2D eigenvalue weighted by Gasteiger charge is 2.22. The van der Waals surface area contributed by atoms with Crippen LogP contribution in [0.5, 0.6) is 17.2 Å². The van der Waals surface area contributed by atoms with Crippen LogP contribution in [-0.4, -0.2) is 34.8 Å². The molecular formula is C23H21BrN2O6S. The highest BCUT2D eigenvalue weighted by atomic mass is 79.9. The molecule has 3 rings (SSSR count). The molecule has 0 atom stereocenters. The Morgan fingerprint density at radius 2 is 1.67 bits per heavy atom. The standard InChI is InChI=1S/C23H21BrN2O6S/c1-15-4-10-19(11-5-15)33(28,29)32-22-20(24)12-16(13-21(22)31-3)14-25-26-23(27)17-6-8-18(30-2)9-7-17/h4-14H,1-3H3,(H,26,27)/b25-14-. The molecule has 3 aromatic carbocycles. The number of hydrazone groups is 1. The summed E-state index contributed by atoms with van der Waals surface area (Å²) < 4.78 is 41.4. The first-order valence-corrected chi connectivity index (χ1v) is 11.8. The zero-order valence-corrected chi connectivity index (χ0v) is 20.4. The van der Waals surface area contributed by atoms with Gasteiger partial charge in [0, 0.05) is 5.56 Å². The van der Waals surface area contributed by atoms with Gasteiger partial charge in [0.2, 0.25) is 0 Å².